The largest absolute Gasteiger partial charge is 0.392 e. The number of hydrogen-bond donors (Lipinski definition) is 5. The van der Waals surface area contributed by atoms with Crippen LogP contribution in [-0.2, 0) is 18.9 Å². The second-order valence-electron chi connectivity index (χ2n) is 15.7. The molecule has 0 aromatic rings. The van der Waals surface area contributed by atoms with Gasteiger partial charge in [-0.3, -0.25) is 0 Å². The summed E-state index contributed by atoms with van der Waals surface area (Å²) in [6.07, 6.45) is 1.31. The minimum absolute atomic E-state index is 0.138. The molecule has 9 nitrogen and oxygen atoms in total. The summed E-state index contributed by atoms with van der Waals surface area (Å²) in [7, 11) is 0. The summed E-state index contributed by atoms with van der Waals surface area (Å²) in [5, 5.41) is 54.3. The molecule has 0 amide bonds. The second kappa shape index (κ2) is 9.82. The second-order valence-corrected chi connectivity index (χ2v) is 15.7. The molecule has 3 saturated heterocycles. The summed E-state index contributed by atoms with van der Waals surface area (Å²) in [6, 6.07) is 0. The van der Waals surface area contributed by atoms with Gasteiger partial charge in [0.1, 0.15) is 18.3 Å². The van der Waals surface area contributed by atoms with Crippen molar-refractivity contribution in [2.45, 2.75) is 140 Å². The lowest BCUT2D eigenvalue weighted by Crippen LogP contribution is -2.68. The van der Waals surface area contributed by atoms with Crippen molar-refractivity contribution in [3.8, 4) is 0 Å². The highest BCUT2D eigenvalue weighted by atomic mass is 16.7. The van der Waals surface area contributed by atoms with Gasteiger partial charge in [0.2, 0.25) is 0 Å². The standard InChI is InChI=1S/C32H52O9/c1-16-5-10-32(39-14-16)17(2)25-23(41-32)12-21-19-6-9-31(37)13-18(40-28-27(36)26(35)22(33)15-38-28)11-24(34)30(31,4)20(19)7-8-29(21,25)3/h16-28,33-37H,5-15H2,1-4H3/t16-,17-,18-,19+,20-,21-,22-,23-,24+,25-,26-,27+,28-,29-,30-,31-,32+/m0/s1. The van der Waals surface area contributed by atoms with Gasteiger partial charge in [-0.25, -0.2) is 0 Å². The molecule has 0 aromatic heterocycles. The summed E-state index contributed by atoms with van der Waals surface area (Å²) in [5.74, 6) is 2.13. The fourth-order valence-electron chi connectivity index (χ4n) is 11.5. The highest BCUT2D eigenvalue weighted by molar-refractivity contribution is 5.19. The summed E-state index contributed by atoms with van der Waals surface area (Å²) < 4.78 is 24.9. The van der Waals surface area contributed by atoms with E-state index in [4.69, 9.17) is 18.9 Å². The fraction of sp³-hybridized carbons (Fsp3) is 1.00. The number of ether oxygens (including phenoxy) is 4. The molecular weight excluding hydrogens is 528 g/mol. The lowest BCUT2D eigenvalue weighted by molar-refractivity contribution is -0.312. The quantitative estimate of drug-likeness (QED) is 0.312. The van der Waals surface area contributed by atoms with Gasteiger partial charge in [-0.2, -0.15) is 0 Å². The zero-order chi connectivity index (χ0) is 29.1. The third kappa shape index (κ3) is 4.06. The van der Waals surface area contributed by atoms with Crippen LogP contribution in [0.15, 0.2) is 0 Å². The van der Waals surface area contributed by atoms with Gasteiger partial charge in [0.15, 0.2) is 12.1 Å². The van der Waals surface area contributed by atoms with E-state index < -0.39 is 53.6 Å². The van der Waals surface area contributed by atoms with Crippen molar-refractivity contribution in [2.24, 2.45) is 46.3 Å². The normalized spacial score (nSPS) is 62.1. The molecule has 3 heterocycles. The molecule has 17 atom stereocenters. The Bertz CT molecular complexity index is 1000. The Morgan fingerprint density at radius 1 is 0.854 bits per heavy atom. The first-order valence-corrected chi connectivity index (χ1v) is 16.4. The van der Waals surface area contributed by atoms with Crippen molar-refractivity contribution in [2.75, 3.05) is 13.2 Å². The predicted molar refractivity (Wildman–Crippen MR) is 147 cm³/mol. The van der Waals surface area contributed by atoms with E-state index in [1.807, 2.05) is 0 Å². The molecule has 7 aliphatic rings. The molecule has 5 N–H and O–H groups in total. The molecular formula is C32H52O9. The van der Waals surface area contributed by atoms with Crippen LogP contribution < -0.4 is 0 Å². The first kappa shape index (κ1) is 29.4. The summed E-state index contributed by atoms with van der Waals surface area (Å²) in [4.78, 5) is 0. The van der Waals surface area contributed by atoms with Crippen LogP contribution in [0.5, 0.6) is 0 Å². The number of fused-ring (bicyclic) bond motifs is 7. The molecule has 4 aliphatic carbocycles. The van der Waals surface area contributed by atoms with Gasteiger partial charge in [-0.15, -0.1) is 0 Å². The molecule has 7 rings (SSSR count). The molecule has 0 aromatic carbocycles. The van der Waals surface area contributed by atoms with Gasteiger partial charge < -0.3 is 44.5 Å². The Morgan fingerprint density at radius 2 is 1.63 bits per heavy atom. The van der Waals surface area contributed by atoms with Crippen LogP contribution in [0.4, 0.5) is 0 Å². The number of aliphatic hydroxyl groups excluding tert-OH is 4. The molecule has 234 valence electrons. The van der Waals surface area contributed by atoms with Crippen molar-refractivity contribution >= 4 is 0 Å². The molecule has 0 unspecified atom stereocenters. The Hall–Kier alpha value is -0.360. The monoisotopic (exact) mass is 580 g/mol. The SMILES string of the molecule is C[C@H]1CC[C@@]2(OC1)O[C@H]1C[C@H]3[C@@H]4CC[C@]5(O)C[C@@H](O[C@@H]6OC[C@H](O)[C@H](O)[C@H]6O)C[C@@H](O)[C@]5(C)[C@H]4CC[C@]3(C)[C@H]1[C@@H]2C. The van der Waals surface area contributed by atoms with Crippen molar-refractivity contribution in [1.29, 1.82) is 0 Å². The molecule has 9 heteroatoms. The highest BCUT2D eigenvalue weighted by Crippen LogP contribution is 2.72. The minimum Gasteiger partial charge on any atom is -0.392 e. The van der Waals surface area contributed by atoms with Crippen molar-refractivity contribution < 1.29 is 44.5 Å². The number of hydrogen-bond acceptors (Lipinski definition) is 9. The minimum atomic E-state index is -1.39. The van der Waals surface area contributed by atoms with E-state index in [0.717, 1.165) is 45.1 Å². The molecule has 7 fully saturated rings. The first-order valence-electron chi connectivity index (χ1n) is 16.4. The molecule has 41 heavy (non-hydrogen) atoms. The Balaban J connectivity index is 1.08. The Morgan fingerprint density at radius 3 is 2.37 bits per heavy atom. The third-order valence-corrected chi connectivity index (χ3v) is 13.9. The summed E-state index contributed by atoms with van der Waals surface area (Å²) in [5.41, 5.74) is -1.60. The van der Waals surface area contributed by atoms with E-state index in [9.17, 15) is 25.5 Å². The Labute approximate surface area is 243 Å². The number of aliphatic hydroxyl groups is 5. The molecule has 4 saturated carbocycles. The van der Waals surface area contributed by atoms with Crippen LogP contribution in [0.3, 0.4) is 0 Å². The van der Waals surface area contributed by atoms with Crippen LogP contribution in [0.25, 0.3) is 0 Å². The van der Waals surface area contributed by atoms with Crippen LogP contribution >= 0.6 is 0 Å². The van der Waals surface area contributed by atoms with Crippen LogP contribution in [0.2, 0.25) is 0 Å². The molecule has 0 radical (unpaired) electrons. The van der Waals surface area contributed by atoms with E-state index in [-0.39, 0.29) is 24.0 Å². The van der Waals surface area contributed by atoms with Gasteiger partial charge in [-0.1, -0.05) is 27.7 Å². The van der Waals surface area contributed by atoms with Gasteiger partial charge in [0.05, 0.1) is 37.1 Å². The van der Waals surface area contributed by atoms with Crippen LogP contribution in [0.1, 0.15) is 85.5 Å². The predicted octanol–water partition coefficient (Wildman–Crippen LogP) is 2.34. The first-order chi connectivity index (χ1) is 19.3. The van der Waals surface area contributed by atoms with Gasteiger partial charge in [0, 0.05) is 30.6 Å². The molecule has 1 spiro atoms. The maximum Gasteiger partial charge on any atom is 0.186 e. The lowest BCUT2D eigenvalue weighted by Gasteiger charge is -2.65. The van der Waals surface area contributed by atoms with Crippen molar-refractivity contribution in [3.63, 3.8) is 0 Å². The average Bonchev–Trinajstić information content (AvgIpc) is 3.37. The van der Waals surface area contributed by atoms with E-state index in [2.05, 4.69) is 27.7 Å². The van der Waals surface area contributed by atoms with Crippen LogP contribution in [-0.4, -0.2) is 93.0 Å². The molecule has 3 aliphatic heterocycles. The summed E-state index contributed by atoms with van der Waals surface area (Å²) >= 11 is 0. The topological polar surface area (TPSA) is 138 Å². The van der Waals surface area contributed by atoms with E-state index in [1.54, 1.807) is 0 Å². The van der Waals surface area contributed by atoms with E-state index >= 15 is 0 Å². The summed E-state index contributed by atoms with van der Waals surface area (Å²) in [6.45, 7) is 9.85. The third-order valence-electron chi connectivity index (χ3n) is 13.9. The van der Waals surface area contributed by atoms with Crippen molar-refractivity contribution in [3.05, 3.63) is 0 Å². The zero-order valence-corrected chi connectivity index (χ0v) is 25.2. The maximum atomic E-state index is 12.2. The van der Waals surface area contributed by atoms with E-state index in [1.165, 1.54) is 0 Å². The fourth-order valence-corrected chi connectivity index (χ4v) is 11.5. The van der Waals surface area contributed by atoms with E-state index in [0.29, 0.717) is 48.9 Å². The van der Waals surface area contributed by atoms with Gasteiger partial charge in [-0.05, 0) is 73.5 Å². The Kier molecular flexibility index (Phi) is 7.03. The lowest BCUT2D eigenvalue weighted by atomic mass is 9.42. The zero-order valence-electron chi connectivity index (χ0n) is 25.2. The highest BCUT2D eigenvalue weighted by Gasteiger charge is 2.72. The smallest absolute Gasteiger partial charge is 0.186 e. The maximum absolute atomic E-state index is 12.2. The number of rotatable bonds is 2. The molecule has 0 bridgehead atoms. The van der Waals surface area contributed by atoms with Gasteiger partial charge in [0.25, 0.3) is 0 Å². The van der Waals surface area contributed by atoms with Crippen LogP contribution in [0, 0.1) is 46.3 Å². The van der Waals surface area contributed by atoms with Gasteiger partial charge >= 0.3 is 0 Å². The average molecular weight is 581 g/mol. The van der Waals surface area contributed by atoms with Crippen molar-refractivity contribution in [1.82, 2.24) is 0 Å².